The third-order valence-corrected chi connectivity index (χ3v) is 4.45. The van der Waals surface area contributed by atoms with Crippen molar-refractivity contribution in [3.8, 4) is 0 Å². The molecule has 1 aliphatic rings. The van der Waals surface area contributed by atoms with E-state index in [0.717, 1.165) is 36.9 Å². The van der Waals surface area contributed by atoms with Crippen LogP contribution in [0, 0.1) is 5.92 Å². The lowest BCUT2D eigenvalue weighted by Crippen LogP contribution is -2.32. The van der Waals surface area contributed by atoms with Gasteiger partial charge in [-0.25, -0.2) is 0 Å². The lowest BCUT2D eigenvalue weighted by Gasteiger charge is -2.05. The summed E-state index contributed by atoms with van der Waals surface area (Å²) in [5.74, 6) is 0.533. The van der Waals surface area contributed by atoms with E-state index in [4.69, 9.17) is 0 Å². The van der Waals surface area contributed by atoms with Gasteiger partial charge in [-0.05, 0) is 40.2 Å². The monoisotopic (exact) mass is 302 g/mol. The van der Waals surface area contributed by atoms with Crippen molar-refractivity contribution < 1.29 is 4.79 Å². The molecule has 88 valence electrons. The first-order valence-corrected chi connectivity index (χ1v) is 7.15. The fourth-order valence-electron chi connectivity index (χ4n) is 1.42. The summed E-state index contributed by atoms with van der Waals surface area (Å²) in [4.78, 5) is 12.6. The summed E-state index contributed by atoms with van der Waals surface area (Å²) in [7, 11) is 0. The quantitative estimate of drug-likeness (QED) is 0.791. The van der Waals surface area contributed by atoms with Crippen molar-refractivity contribution in [2.75, 3.05) is 13.1 Å². The molecule has 1 aromatic heterocycles. The molecule has 0 aliphatic heterocycles. The van der Waals surface area contributed by atoms with Gasteiger partial charge in [-0.15, -0.1) is 11.3 Å². The van der Waals surface area contributed by atoms with Crippen molar-refractivity contribution >= 4 is 33.2 Å². The van der Waals surface area contributed by atoms with Gasteiger partial charge in [0.25, 0.3) is 0 Å². The largest absolute Gasteiger partial charge is 0.355 e. The van der Waals surface area contributed by atoms with Gasteiger partial charge < -0.3 is 10.6 Å². The van der Waals surface area contributed by atoms with Crippen LogP contribution >= 0.6 is 27.3 Å². The highest BCUT2D eigenvalue weighted by Gasteiger charge is 2.28. The Bertz CT molecular complexity index is 363. The van der Waals surface area contributed by atoms with E-state index in [1.807, 2.05) is 0 Å². The Morgan fingerprint density at radius 2 is 2.31 bits per heavy atom. The summed E-state index contributed by atoms with van der Waals surface area (Å²) >= 11 is 5.22. The third-order valence-electron chi connectivity index (χ3n) is 2.53. The standard InChI is InChI=1S/C11H15BrN2OS/c12-9-3-6-16-10(9)7-13-4-5-14-11(15)8-1-2-8/h3,6,8,13H,1-2,4-5,7H2,(H,14,15). The number of hydrogen-bond acceptors (Lipinski definition) is 3. The maximum atomic E-state index is 11.3. The van der Waals surface area contributed by atoms with Crippen molar-refractivity contribution in [3.05, 3.63) is 20.8 Å². The van der Waals surface area contributed by atoms with Gasteiger partial charge in [0.2, 0.25) is 5.91 Å². The molecule has 1 aromatic rings. The molecule has 0 radical (unpaired) electrons. The minimum atomic E-state index is 0.221. The van der Waals surface area contributed by atoms with Crippen LogP contribution in [-0.4, -0.2) is 19.0 Å². The number of thiophene rings is 1. The van der Waals surface area contributed by atoms with Crippen LogP contribution in [0.4, 0.5) is 0 Å². The van der Waals surface area contributed by atoms with E-state index in [9.17, 15) is 4.79 Å². The molecular weight excluding hydrogens is 288 g/mol. The molecule has 0 aromatic carbocycles. The number of nitrogens with one attached hydrogen (secondary N) is 2. The lowest BCUT2D eigenvalue weighted by molar-refractivity contribution is -0.122. The average molecular weight is 303 g/mol. The molecule has 2 N–H and O–H groups in total. The first kappa shape index (κ1) is 12.1. The first-order chi connectivity index (χ1) is 7.77. The van der Waals surface area contributed by atoms with Crippen LogP contribution in [-0.2, 0) is 11.3 Å². The van der Waals surface area contributed by atoms with Gasteiger partial charge in [0.05, 0.1) is 0 Å². The number of rotatable bonds is 6. The summed E-state index contributed by atoms with van der Waals surface area (Å²) in [6.07, 6.45) is 2.14. The van der Waals surface area contributed by atoms with Gasteiger partial charge in [0, 0.05) is 34.9 Å². The predicted octanol–water partition coefficient (Wildman–Crippen LogP) is 2.13. The van der Waals surface area contributed by atoms with Crippen molar-refractivity contribution in [3.63, 3.8) is 0 Å². The Kier molecular flexibility index (Phi) is 4.37. The van der Waals surface area contributed by atoms with Gasteiger partial charge in [-0.2, -0.15) is 0 Å². The summed E-state index contributed by atoms with van der Waals surface area (Å²) < 4.78 is 1.16. The second-order valence-electron chi connectivity index (χ2n) is 3.93. The molecule has 0 unspecified atom stereocenters. The van der Waals surface area contributed by atoms with E-state index >= 15 is 0 Å². The second kappa shape index (κ2) is 5.80. The van der Waals surface area contributed by atoms with Crippen LogP contribution in [0.25, 0.3) is 0 Å². The number of carbonyl (C=O) groups excluding carboxylic acids is 1. The fourth-order valence-corrected chi connectivity index (χ4v) is 2.88. The van der Waals surface area contributed by atoms with Crippen LogP contribution < -0.4 is 10.6 Å². The summed E-state index contributed by atoms with van der Waals surface area (Å²) in [6.45, 7) is 2.40. The van der Waals surface area contributed by atoms with Crippen molar-refractivity contribution in [1.29, 1.82) is 0 Å². The highest BCUT2D eigenvalue weighted by molar-refractivity contribution is 9.10. The molecule has 0 spiro atoms. The zero-order valence-electron chi connectivity index (χ0n) is 8.96. The van der Waals surface area contributed by atoms with Crippen LogP contribution in [0.15, 0.2) is 15.9 Å². The lowest BCUT2D eigenvalue weighted by atomic mass is 10.4. The topological polar surface area (TPSA) is 41.1 Å². The molecule has 3 nitrogen and oxygen atoms in total. The first-order valence-electron chi connectivity index (χ1n) is 5.47. The number of amides is 1. The van der Waals surface area contributed by atoms with Gasteiger partial charge in [0.15, 0.2) is 0 Å². The maximum Gasteiger partial charge on any atom is 0.223 e. The van der Waals surface area contributed by atoms with Crippen LogP contribution in [0.3, 0.4) is 0 Å². The molecule has 1 amide bonds. The molecule has 1 saturated carbocycles. The molecule has 0 saturated heterocycles. The molecule has 2 rings (SSSR count). The Labute approximate surface area is 108 Å². The zero-order valence-corrected chi connectivity index (χ0v) is 11.4. The van der Waals surface area contributed by atoms with Crippen LogP contribution in [0.1, 0.15) is 17.7 Å². The summed E-state index contributed by atoms with van der Waals surface area (Å²) in [5, 5.41) is 8.30. The zero-order chi connectivity index (χ0) is 11.4. The Balaban J connectivity index is 1.55. The van der Waals surface area contributed by atoms with Gasteiger partial charge in [0.1, 0.15) is 0 Å². The van der Waals surface area contributed by atoms with Crippen LogP contribution in [0.5, 0.6) is 0 Å². The van der Waals surface area contributed by atoms with E-state index in [1.165, 1.54) is 4.88 Å². The minimum absolute atomic E-state index is 0.221. The maximum absolute atomic E-state index is 11.3. The highest BCUT2D eigenvalue weighted by atomic mass is 79.9. The van der Waals surface area contributed by atoms with Gasteiger partial charge in [-0.1, -0.05) is 0 Å². The molecule has 16 heavy (non-hydrogen) atoms. The molecule has 0 atom stereocenters. The molecule has 1 heterocycles. The van der Waals surface area contributed by atoms with Crippen molar-refractivity contribution in [2.45, 2.75) is 19.4 Å². The van der Waals surface area contributed by atoms with Gasteiger partial charge >= 0.3 is 0 Å². The van der Waals surface area contributed by atoms with Crippen molar-refractivity contribution in [2.24, 2.45) is 5.92 Å². The number of hydrogen-bond donors (Lipinski definition) is 2. The Hall–Kier alpha value is -0.390. The fraction of sp³-hybridized carbons (Fsp3) is 0.545. The average Bonchev–Trinajstić information content (AvgIpc) is 3.04. The van der Waals surface area contributed by atoms with E-state index in [2.05, 4.69) is 38.0 Å². The third kappa shape index (κ3) is 3.57. The molecular formula is C11H15BrN2OS. The molecule has 0 bridgehead atoms. The smallest absolute Gasteiger partial charge is 0.223 e. The van der Waals surface area contributed by atoms with E-state index in [-0.39, 0.29) is 5.91 Å². The summed E-state index contributed by atoms with van der Waals surface area (Å²) in [6, 6.07) is 2.05. The van der Waals surface area contributed by atoms with E-state index in [1.54, 1.807) is 11.3 Å². The van der Waals surface area contributed by atoms with Crippen LogP contribution in [0.2, 0.25) is 0 Å². The SMILES string of the molecule is O=C(NCCNCc1sccc1Br)C1CC1. The van der Waals surface area contributed by atoms with E-state index < -0.39 is 0 Å². The Morgan fingerprint density at radius 3 is 2.94 bits per heavy atom. The molecule has 1 aliphatic carbocycles. The van der Waals surface area contributed by atoms with Gasteiger partial charge in [-0.3, -0.25) is 4.79 Å². The predicted molar refractivity (Wildman–Crippen MR) is 69.5 cm³/mol. The molecule has 1 fully saturated rings. The van der Waals surface area contributed by atoms with E-state index in [0.29, 0.717) is 5.92 Å². The number of halogens is 1. The Morgan fingerprint density at radius 1 is 1.50 bits per heavy atom. The second-order valence-corrected chi connectivity index (χ2v) is 5.79. The van der Waals surface area contributed by atoms with Crippen molar-refractivity contribution in [1.82, 2.24) is 10.6 Å². The minimum Gasteiger partial charge on any atom is -0.355 e. The summed E-state index contributed by atoms with van der Waals surface area (Å²) in [5.41, 5.74) is 0. The highest BCUT2D eigenvalue weighted by Crippen LogP contribution is 2.28. The normalized spacial score (nSPS) is 15.1. The molecule has 5 heteroatoms. The number of carbonyl (C=O) groups is 1.